The third kappa shape index (κ3) is 21.5. The summed E-state index contributed by atoms with van der Waals surface area (Å²) in [6.07, 6.45) is 25.5. The molecule has 0 aromatic carbocycles. The average Bonchev–Trinajstić information content (AvgIpc) is 2.57. The van der Waals surface area contributed by atoms with Crippen LogP contribution in [0.3, 0.4) is 0 Å². The topological polar surface area (TPSA) is 49.8 Å². The molecule has 0 rings (SSSR count). The monoisotopic (exact) mass is 322 g/mol. The molecule has 0 amide bonds. The summed E-state index contributed by atoms with van der Waals surface area (Å²) in [5.74, 6) is 0. The first-order valence-electron chi connectivity index (χ1n) is 10.5. The molecule has 0 bridgehead atoms. The van der Waals surface area contributed by atoms with Crippen molar-refractivity contribution >= 4 is 0 Å². The van der Waals surface area contributed by atoms with Crippen molar-refractivity contribution in [2.24, 2.45) is 5.73 Å². The summed E-state index contributed by atoms with van der Waals surface area (Å²) in [7, 11) is 0. The van der Waals surface area contributed by atoms with Crippen LogP contribution < -0.4 is 5.73 Å². The van der Waals surface area contributed by atoms with Crippen LogP contribution in [0, 0.1) is 11.3 Å². The number of rotatable bonds is 19. The minimum Gasteiger partial charge on any atom is -0.330 e. The lowest BCUT2D eigenvalue weighted by molar-refractivity contribution is 0.524. The van der Waals surface area contributed by atoms with Crippen LogP contribution in [-0.4, -0.2) is 6.54 Å². The second kappa shape index (κ2) is 21.4. The van der Waals surface area contributed by atoms with E-state index in [1.54, 1.807) is 0 Å². The molecule has 0 spiro atoms. The summed E-state index contributed by atoms with van der Waals surface area (Å²) in [6.45, 7) is 0.863. The van der Waals surface area contributed by atoms with Crippen LogP contribution >= 0.6 is 0 Å². The van der Waals surface area contributed by atoms with Gasteiger partial charge in [0.15, 0.2) is 0 Å². The van der Waals surface area contributed by atoms with Gasteiger partial charge in [-0.15, -0.1) is 0 Å². The van der Waals surface area contributed by atoms with Gasteiger partial charge in [0.2, 0.25) is 0 Å². The van der Waals surface area contributed by atoms with E-state index in [9.17, 15) is 0 Å². The molecule has 0 atom stereocenters. The Balaban J connectivity index is 2.94. The summed E-state index contributed by atoms with van der Waals surface area (Å²) < 4.78 is 0. The molecule has 0 aliphatic heterocycles. The van der Waals surface area contributed by atoms with Gasteiger partial charge in [0.25, 0.3) is 0 Å². The van der Waals surface area contributed by atoms with E-state index in [0.717, 1.165) is 19.4 Å². The molecule has 0 saturated carbocycles. The predicted molar refractivity (Wildman–Crippen MR) is 102 cm³/mol. The zero-order valence-electron chi connectivity index (χ0n) is 15.7. The molecule has 0 saturated heterocycles. The van der Waals surface area contributed by atoms with Crippen LogP contribution in [-0.2, 0) is 0 Å². The van der Waals surface area contributed by atoms with Gasteiger partial charge in [0.1, 0.15) is 0 Å². The van der Waals surface area contributed by atoms with Crippen molar-refractivity contribution in [3.63, 3.8) is 0 Å². The Morgan fingerprint density at radius 1 is 0.435 bits per heavy atom. The van der Waals surface area contributed by atoms with E-state index in [2.05, 4.69) is 6.07 Å². The SMILES string of the molecule is N#CCCCCCCCCCCCCCCCCCCCCN. The lowest BCUT2D eigenvalue weighted by atomic mass is 10.0. The summed E-state index contributed by atoms with van der Waals surface area (Å²) in [5, 5.41) is 8.46. The smallest absolute Gasteiger partial charge is 0.0621 e. The fourth-order valence-corrected chi connectivity index (χ4v) is 3.18. The molecule has 136 valence electrons. The van der Waals surface area contributed by atoms with Crippen LogP contribution in [0.4, 0.5) is 0 Å². The van der Waals surface area contributed by atoms with Crippen LogP contribution in [0.2, 0.25) is 0 Å². The maximum absolute atomic E-state index is 8.46. The van der Waals surface area contributed by atoms with Crippen molar-refractivity contribution in [2.75, 3.05) is 6.54 Å². The average molecular weight is 323 g/mol. The van der Waals surface area contributed by atoms with Crippen molar-refractivity contribution in [1.82, 2.24) is 0 Å². The maximum atomic E-state index is 8.46. The van der Waals surface area contributed by atoms with Crippen LogP contribution in [0.1, 0.15) is 122 Å². The molecule has 0 aromatic rings. The second-order valence-corrected chi connectivity index (χ2v) is 7.06. The fraction of sp³-hybridized carbons (Fsp3) is 0.952. The van der Waals surface area contributed by atoms with Gasteiger partial charge >= 0.3 is 0 Å². The Labute approximate surface area is 146 Å². The molecular weight excluding hydrogens is 280 g/mol. The number of nitrogens with zero attached hydrogens (tertiary/aromatic N) is 1. The zero-order chi connectivity index (χ0) is 16.8. The maximum Gasteiger partial charge on any atom is 0.0621 e. The largest absolute Gasteiger partial charge is 0.330 e. The molecular formula is C21H42N2. The van der Waals surface area contributed by atoms with Gasteiger partial charge in [0.05, 0.1) is 6.07 Å². The third-order valence-corrected chi connectivity index (χ3v) is 4.74. The van der Waals surface area contributed by atoms with Crippen molar-refractivity contribution in [3.8, 4) is 6.07 Å². The van der Waals surface area contributed by atoms with Crippen LogP contribution in [0.5, 0.6) is 0 Å². The highest BCUT2D eigenvalue weighted by molar-refractivity contribution is 4.67. The highest BCUT2D eigenvalue weighted by atomic mass is 14.5. The summed E-state index contributed by atoms with van der Waals surface area (Å²) in [5.41, 5.74) is 5.50. The fourth-order valence-electron chi connectivity index (χ4n) is 3.18. The second-order valence-electron chi connectivity index (χ2n) is 7.06. The Morgan fingerprint density at radius 2 is 0.696 bits per heavy atom. The van der Waals surface area contributed by atoms with Crippen molar-refractivity contribution < 1.29 is 0 Å². The Hall–Kier alpha value is -0.550. The Bertz CT molecular complexity index is 245. The molecule has 2 N–H and O–H groups in total. The first-order chi connectivity index (χ1) is 11.4. The van der Waals surface area contributed by atoms with E-state index in [0.29, 0.717) is 0 Å². The van der Waals surface area contributed by atoms with Gasteiger partial charge in [-0.2, -0.15) is 5.26 Å². The molecule has 2 heteroatoms. The quantitative estimate of drug-likeness (QED) is 0.263. The van der Waals surface area contributed by atoms with Gasteiger partial charge < -0.3 is 5.73 Å². The minimum atomic E-state index is 0.744. The van der Waals surface area contributed by atoms with Gasteiger partial charge in [-0.05, 0) is 19.4 Å². The summed E-state index contributed by atoms with van der Waals surface area (Å²) in [4.78, 5) is 0. The normalized spacial score (nSPS) is 10.8. The van der Waals surface area contributed by atoms with E-state index in [1.165, 1.54) is 109 Å². The lowest BCUT2D eigenvalue weighted by Gasteiger charge is -2.03. The van der Waals surface area contributed by atoms with Gasteiger partial charge in [-0.3, -0.25) is 0 Å². The molecule has 2 nitrogen and oxygen atoms in total. The van der Waals surface area contributed by atoms with E-state index >= 15 is 0 Å². The molecule has 0 aromatic heterocycles. The molecule has 23 heavy (non-hydrogen) atoms. The van der Waals surface area contributed by atoms with E-state index in [1.807, 2.05) is 0 Å². The molecule has 0 unspecified atom stereocenters. The Morgan fingerprint density at radius 3 is 0.957 bits per heavy atom. The molecule has 0 aliphatic rings. The van der Waals surface area contributed by atoms with Crippen molar-refractivity contribution in [2.45, 2.75) is 122 Å². The highest BCUT2D eigenvalue weighted by Crippen LogP contribution is 2.14. The molecule has 0 fully saturated rings. The standard InChI is InChI=1S/C21H42N2/c22-20-18-16-14-12-10-8-6-4-2-1-3-5-7-9-11-13-15-17-19-21-23/h1-20,22H2. The van der Waals surface area contributed by atoms with E-state index in [4.69, 9.17) is 11.0 Å². The number of nitrogens with two attached hydrogens (primary N) is 1. The van der Waals surface area contributed by atoms with Gasteiger partial charge in [0, 0.05) is 6.42 Å². The van der Waals surface area contributed by atoms with E-state index < -0.39 is 0 Å². The van der Waals surface area contributed by atoms with Crippen LogP contribution in [0.25, 0.3) is 0 Å². The van der Waals surface area contributed by atoms with Crippen molar-refractivity contribution in [3.05, 3.63) is 0 Å². The van der Waals surface area contributed by atoms with Crippen LogP contribution in [0.15, 0.2) is 0 Å². The van der Waals surface area contributed by atoms with Crippen molar-refractivity contribution in [1.29, 1.82) is 5.26 Å². The first-order valence-corrected chi connectivity index (χ1v) is 10.5. The molecule has 0 radical (unpaired) electrons. The predicted octanol–water partition coefficient (Wildman–Crippen LogP) is 6.88. The number of nitriles is 1. The highest BCUT2D eigenvalue weighted by Gasteiger charge is 1.95. The zero-order valence-corrected chi connectivity index (χ0v) is 15.7. The van der Waals surface area contributed by atoms with E-state index in [-0.39, 0.29) is 0 Å². The summed E-state index contributed by atoms with van der Waals surface area (Å²) in [6, 6.07) is 2.22. The summed E-state index contributed by atoms with van der Waals surface area (Å²) >= 11 is 0. The Kier molecular flexibility index (Phi) is 20.9. The molecule has 0 heterocycles. The van der Waals surface area contributed by atoms with Gasteiger partial charge in [-0.1, -0.05) is 103 Å². The lowest BCUT2D eigenvalue weighted by Crippen LogP contribution is -1.97. The number of unbranched alkanes of at least 4 members (excludes halogenated alkanes) is 18. The number of hydrogen-bond donors (Lipinski definition) is 1. The van der Waals surface area contributed by atoms with Gasteiger partial charge in [-0.25, -0.2) is 0 Å². The minimum absolute atomic E-state index is 0.744. The number of hydrogen-bond acceptors (Lipinski definition) is 2. The third-order valence-electron chi connectivity index (χ3n) is 4.74. The molecule has 0 aliphatic carbocycles. The first kappa shape index (κ1) is 22.4.